The molecule has 3 rings (SSSR count). The molecule has 0 aromatic heterocycles. The highest BCUT2D eigenvalue weighted by Gasteiger charge is 2.20. The summed E-state index contributed by atoms with van der Waals surface area (Å²) in [6, 6.07) is 13.1. The van der Waals surface area contributed by atoms with Gasteiger partial charge in [0.25, 0.3) is 11.6 Å². The quantitative estimate of drug-likeness (QED) is 0.586. The third-order valence-corrected chi connectivity index (χ3v) is 4.93. The molecular formula is C21H23N3O4. The molecule has 1 aliphatic carbocycles. The van der Waals surface area contributed by atoms with E-state index in [1.807, 2.05) is 0 Å². The number of nitrogens with zero attached hydrogens (tertiary/aromatic N) is 1. The Bertz CT molecular complexity index is 875. The molecule has 7 heteroatoms. The van der Waals surface area contributed by atoms with Crippen molar-refractivity contribution in [1.82, 2.24) is 5.32 Å². The van der Waals surface area contributed by atoms with Gasteiger partial charge in [0.05, 0.1) is 22.6 Å². The van der Waals surface area contributed by atoms with Crippen LogP contribution in [0.15, 0.2) is 48.5 Å². The largest absolute Gasteiger partial charge is 0.349 e. The summed E-state index contributed by atoms with van der Waals surface area (Å²) < 4.78 is 0. The average molecular weight is 381 g/mol. The monoisotopic (exact) mass is 381 g/mol. The Morgan fingerprint density at radius 1 is 1.00 bits per heavy atom. The average Bonchev–Trinajstić information content (AvgIpc) is 2.69. The first-order chi connectivity index (χ1) is 13.5. The van der Waals surface area contributed by atoms with Crippen molar-refractivity contribution in [3.05, 3.63) is 69.8 Å². The number of para-hydroxylation sites is 2. The van der Waals surface area contributed by atoms with E-state index in [-0.39, 0.29) is 24.1 Å². The lowest BCUT2D eigenvalue weighted by Crippen LogP contribution is -2.36. The molecule has 0 aliphatic heterocycles. The van der Waals surface area contributed by atoms with Crippen LogP contribution >= 0.6 is 0 Å². The SMILES string of the molecule is O=C(Cc1ccccc1[N+](=O)[O-])Nc1ccccc1C(=O)NC1CCCCC1. The zero-order valence-electron chi connectivity index (χ0n) is 15.5. The van der Waals surface area contributed by atoms with Crippen LogP contribution < -0.4 is 10.6 Å². The Kier molecular flexibility index (Phi) is 6.37. The standard InChI is InChI=1S/C21H23N3O4/c25-20(14-15-8-4-7-13-19(15)24(27)28)23-18-12-6-5-11-17(18)21(26)22-16-9-2-1-3-10-16/h4-8,11-13,16H,1-3,9-10,14H2,(H,22,26)(H,23,25). The van der Waals surface area contributed by atoms with Crippen LogP contribution in [0.3, 0.4) is 0 Å². The smallest absolute Gasteiger partial charge is 0.273 e. The van der Waals surface area contributed by atoms with Crippen molar-refractivity contribution in [2.75, 3.05) is 5.32 Å². The summed E-state index contributed by atoms with van der Waals surface area (Å²) in [4.78, 5) is 35.7. The summed E-state index contributed by atoms with van der Waals surface area (Å²) >= 11 is 0. The van der Waals surface area contributed by atoms with Crippen LogP contribution in [-0.4, -0.2) is 22.8 Å². The second-order valence-corrected chi connectivity index (χ2v) is 6.96. The van der Waals surface area contributed by atoms with Crippen LogP contribution in [0, 0.1) is 10.1 Å². The number of nitro benzene ring substituents is 1. The first-order valence-corrected chi connectivity index (χ1v) is 9.46. The lowest BCUT2D eigenvalue weighted by molar-refractivity contribution is -0.385. The Morgan fingerprint density at radius 3 is 2.43 bits per heavy atom. The molecule has 0 saturated heterocycles. The highest BCUT2D eigenvalue weighted by molar-refractivity contribution is 6.04. The van der Waals surface area contributed by atoms with Gasteiger partial charge < -0.3 is 10.6 Å². The molecule has 0 heterocycles. The molecule has 0 spiro atoms. The van der Waals surface area contributed by atoms with E-state index in [1.54, 1.807) is 42.5 Å². The van der Waals surface area contributed by atoms with Crippen LogP contribution in [-0.2, 0) is 11.2 Å². The number of carbonyl (C=O) groups is 2. The topological polar surface area (TPSA) is 101 Å². The van der Waals surface area contributed by atoms with Gasteiger partial charge in [0, 0.05) is 17.7 Å². The van der Waals surface area contributed by atoms with Crippen LogP contribution in [0.25, 0.3) is 0 Å². The van der Waals surface area contributed by atoms with Crippen molar-refractivity contribution in [2.45, 2.75) is 44.6 Å². The van der Waals surface area contributed by atoms with Crippen molar-refractivity contribution in [1.29, 1.82) is 0 Å². The fourth-order valence-electron chi connectivity index (χ4n) is 3.51. The third kappa shape index (κ3) is 4.94. The number of anilines is 1. The Hall–Kier alpha value is -3.22. The van der Waals surface area contributed by atoms with Gasteiger partial charge in [-0.05, 0) is 25.0 Å². The van der Waals surface area contributed by atoms with E-state index in [0.29, 0.717) is 16.8 Å². The molecule has 0 radical (unpaired) electrons. The van der Waals surface area contributed by atoms with Gasteiger partial charge >= 0.3 is 0 Å². The summed E-state index contributed by atoms with van der Waals surface area (Å²) in [5.74, 6) is -0.624. The third-order valence-electron chi connectivity index (χ3n) is 4.93. The molecule has 1 aliphatic rings. The molecular weight excluding hydrogens is 358 g/mol. The summed E-state index contributed by atoms with van der Waals surface area (Å²) in [5, 5.41) is 16.9. The van der Waals surface area contributed by atoms with Crippen molar-refractivity contribution in [3.63, 3.8) is 0 Å². The van der Waals surface area contributed by atoms with Crippen molar-refractivity contribution in [2.24, 2.45) is 0 Å². The summed E-state index contributed by atoms with van der Waals surface area (Å²) in [6.07, 6.45) is 5.22. The number of carbonyl (C=O) groups excluding carboxylic acids is 2. The van der Waals surface area contributed by atoms with Gasteiger partial charge in [0.1, 0.15) is 0 Å². The first-order valence-electron chi connectivity index (χ1n) is 9.46. The molecule has 1 saturated carbocycles. The minimum Gasteiger partial charge on any atom is -0.349 e. The van der Waals surface area contributed by atoms with Crippen molar-refractivity contribution < 1.29 is 14.5 Å². The molecule has 0 bridgehead atoms. The number of nitrogens with one attached hydrogen (secondary N) is 2. The van der Waals surface area contributed by atoms with Gasteiger partial charge in [-0.2, -0.15) is 0 Å². The number of nitro groups is 1. The van der Waals surface area contributed by atoms with E-state index < -0.39 is 10.8 Å². The normalized spacial score (nSPS) is 14.3. The summed E-state index contributed by atoms with van der Waals surface area (Å²) in [7, 11) is 0. The minimum atomic E-state index is -0.506. The maximum Gasteiger partial charge on any atom is 0.273 e. The molecule has 0 atom stereocenters. The van der Waals surface area contributed by atoms with E-state index in [1.165, 1.54) is 12.5 Å². The van der Waals surface area contributed by atoms with E-state index in [0.717, 1.165) is 25.7 Å². The van der Waals surface area contributed by atoms with E-state index in [4.69, 9.17) is 0 Å². The van der Waals surface area contributed by atoms with Gasteiger partial charge in [0.2, 0.25) is 5.91 Å². The van der Waals surface area contributed by atoms with Crippen LogP contribution in [0.4, 0.5) is 11.4 Å². The Balaban J connectivity index is 1.70. The van der Waals surface area contributed by atoms with Gasteiger partial charge in [-0.3, -0.25) is 19.7 Å². The second kappa shape index (κ2) is 9.12. The van der Waals surface area contributed by atoms with Gasteiger partial charge in [-0.1, -0.05) is 49.6 Å². The van der Waals surface area contributed by atoms with Crippen LogP contribution in [0.2, 0.25) is 0 Å². The fourth-order valence-corrected chi connectivity index (χ4v) is 3.51. The maximum atomic E-state index is 12.7. The predicted molar refractivity (Wildman–Crippen MR) is 106 cm³/mol. The summed E-state index contributed by atoms with van der Waals surface area (Å²) in [6.45, 7) is 0. The molecule has 2 N–H and O–H groups in total. The van der Waals surface area contributed by atoms with E-state index in [9.17, 15) is 19.7 Å². The highest BCUT2D eigenvalue weighted by Crippen LogP contribution is 2.22. The van der Waals surface area contributed by atoms with Gasteiger partial charge in [-0.25, -0.2) is 0 Å². The van der Waals surface area contributed by atoms with Gasteiger partial charge in [0.15, 0.2) is 0 Å². The lowest BCUT2D eigenvalue weighted by atomic mass is 9.95. The van der Waals surface area contributed by atoms with Crippen LogP contribution in [0.1, 0.15) is 48.0 Å². The zero-order valence-corrected chi connectivity index (χ0v) is 15.5. The molecule has 7 nitrogen and oxygen atoms in total. The molecule has 2 aromatic carbocycles. The fraction of sp³-hybridized carbons (Fsp3) is 0.333. The number of hydrogen-bond donors (Lipinski definition) is 2. The molecule has 0 unspecified atom stereocenters. The lowest BCUT2D eigenvalue weighted by Gasteiger charge is -2.23. The van der Waals surface area contributed by atoms with Crippen molar-refractivity contribution in [3.8, 4) is 0 Å². The van der Waals surface area contributed by atoms with Crippen LogP contribution in [0.5, 0.6) is 0 Å². The summed E-state index contributed by atoms with van der Waals surface area (Å²) in [5.41, 5.74) is 1.03. The predicted octanol–water partition coefficient (Wildman–Crippen LogP) is 3.84. The second-order valence-electron chi connectivity index (χ2n) is 6.96. The maximum absolute atomic E-state index is 12.7. The Labute approximate surface area is 163 Å². The van der Waals surface area contributed by atoms with Crippen molar-refractivity contribution >= 4 is 23.2 Å². The first kappa shape index (κ1) is 19.5. The Morgan fingerprint density at radius 2 is 1.68 bits per heavy atom. The number of benzene rings is 2. The molecule has 2 aromatic rings. The number of hydrogen-bond acceptors (Lipinski definition) is 4. The van der Waals surface area contributed by atoms with E-state index >= 15 is 0 Å². The van der Waals surface area contributed by atoms with Gasteiger partial charge in [-0.15, -0.1) is 0 Å². The number of rotatable bonds is 6. The zero-order chi connectivity index (χ0) is 19.9. The number of amides is 2. The highest BCUT2D eigenvalue weighted by atomic mass is 16.6. The molecule has 146 valence electrons. The van der Waals surface area contributed by atoms with E-state index in [2.05, 4.69) is 10.6 Å². The molecule has 28 heavy (non-hydrogen) atoms. The molecule has 2 amide bonds. The minimum absolute atomic E-state index is 0.0963. The molecule has 1 fully saturated rings.